The van der Waals surface area contributed by atoms with E-state index in [2.05, 4.69) is 55.1 Å². The maximum Gasteiger partial charge on any atom is 0.120 e. The number of fused-ring (bicyclic) bond motifs is 1. The van der Waals surface area contributed by atoms with E-state index < -0.39 is 0 Å². The van der Waals surface area contributed by atoms with Crippen molar-refractivity contribution < 1.29 is 4.74 Å². The third-order valence-electron chi connectivity index (χ3n) is 3.35. The molecule has 23 heavy (non-hydrogen) atoms. The van der Waals surface area contributed by atoms with Crippen LogP contribution in [-0.4, -0.2) is 16.4 Å². The van der Waals surface area contributed by atoms with Crippen LogP contribution in [-0.2, 0) is 6.54 Å². The molecule has 1 aromatic heterocycles. The Balaban J connectivity index is 0.000000924. The average Bonchev–Trinajstić information content (AvgIpc) is 2.99. The van der Waals surface area contributed by atoms with Crippen molar-refractivity contribution in [3.05, 3.63) is 72.6 Å². The van der Waals surface area contributed by atoms with Crippen LogP contribution < -0.4 is 4.74 Å². The van der Waals surface area contributed by atoms with Gasteiger partial charge in [0.05, 0.1) is 12.7 Å². The number of benzene rings is 2. The van der Waals surface area contributed by atoms with Gasteiger partial charge in [0.25, 0.3) is 0 Å². The summed E-state index contributed by atoms with van der Waals surface area (Å²) in [4.78, 5) is 0. The van der Waals surface area contributed by atoms with E-state index in [9.17, 15) is 0 Å². The van der Waals surface area contributed by atoms with Crippen molar-refractivity contribution >= 4 is 10.8 Å². The monoisotopic (exact) mass is 308 g/mol. The van der Waals surface area contributed by atoms with Crippen LogP contribution in [0.4, 0.5) is 0 Å². The molecule has 0 saturated heterocycles. The van der Waals surface area contributed by atoms with E-state index >= 15 is 0 Å². The third kappa shape index (κ3) is 4.46. The van der Waals surface area contributed by atoms with Crippen LogP contribution >= 0.6 is 0 Å². The molecule has 0 amide bonds. The Hall–Kier alpha value is -2.55. The molecular formula is C20H24N2O. The van der Waals surface area contributed by atoms with Crippen LogP contribution in [0.3, 0.4) is 0 Å². The largest absolute Gasteiger partial charge is 0.490 e. The van der Waals surface area contributed by atoms with Gasteiger partial charge >= 0.3 is 0 Å². The molecule has 0 fully saturated rings. The summed E-state index contributed by atoms with van der Waals surface area (Å²) in [5, 5.41) is 6.71. The quantitative estimate of drug-likeness (QED) is 0.621. The molecule has 3 nitrogen and oxygen atoms in total. The minimum Gasteiger partial charge on any atom is -0.490 e. The predicted octanol–water partition coefficient (Wildman–Crippen LogP) is 4.98. The van der Waals surface area contributed by atoms with Crippen LogP contribution in [0, 0.1) is 6.92 Å². The Kier molecular flexibility index (Phi) is 5.98. The van der Waals surface area contributed by atoms with Crippen molar-refractivity contribution in [2.45, 2.75) is 27.3 Å². The van der Waals surface area contributed by atoms with Crippen LogP contribution in [0.5, 0.6) is 5.75 Å². The minimum absolute atomic E-state index is 0.530. The number of ether oxygens (including phenoxy) is 1. The van der Waals surface area contributed by atoms with Gasteiger partial charge in [-0.15, -0.1) is 0 Å². The number of hydrogen-bond acceptors (Lipinski definition) is 2. The molecule has 2 aromatic carbocycles. The van der Waals surface area contributed by atoms with Gasteiger partial charge in [-0.05, 0) is 47.0 Å². The van der Waals surface area contributed by atoms with E-state index in [1.165, 1.54) is 21.9 Å². The molecule has 0 N–H and O–H groups in total. The van der Waals surface area contributed by atoms with Crippen molar-refractivity contribution in [3.63, 3.8) is 0 Å². The van der Waals surface area contributed by atoms with Gasteiger partial charge in [0.1, 0.15) is 12.4 Å². The Morgan fingerprint density at radius 3 is 2.57 bits per heavy atom. The summed E-state index contributed by atoms with van der Waals surface area (Å²) in [6.07, 6.45) is 5.68. The van der Waals surface area contributed by atoms with Crippen LogP contribution in [0.2, 0.25) is 0 Å². The van der Waals surface area contributed by atoms with Crippen LogP contribution in [0.25, 0.3) is 10.8 Å². The molecule has 1 heterocycles. The molecular weight excluding hydrogens is 284 g/mol. The number of rotatable bonds is 5. The lowest BCUT2D eigenvalue weighted by atomic mass is 10.1. The molecule has 0 saturated carbocycles. The van der Waals surface area contributed by atoms with E-state index in [0.717, 1.165) is 12.3 Å². The highest BCUT2D eigenvalue weighted by Gasteiger charge is 2.01. The van der Waals surface area contributed by atoms with Crippen LogP contribution in [0.1, 0.15) is 25.0 Å². The van der Waals surface area contributed by atoms with Gasteiger partial charge < -0.3 is 4.74 Å². The molecule has 3 rings (SSSR count). The van der Waals surface area contributed by atoms with Gasteiger partial charge in [0, 0.05) is 6.20 Å². The van der Waals surface area contributed by atoms with E-state index in [4.69, 9.17) is 4.74 Å². The summed E-state index contributed by atoms with van der Waals surface area (Å²) in [6.45, 7) is 11.0. The van der Waals surface area contributed by atoms with E-state index in [1.54, 1.807) is 6.08 Å². The second kappa shape index (κ2) is 8.18. The molecule has 0 spiro atoms. The van der Waals surface area contributed by atoms with Gasteiger partial charge in [-0.1, -0.05) is 44.7 Å². The fourth-order valence-corrected chi connectivity index (χ4v) is 2.36. The lowest BCUT2D eigenvalue weighted by molar-refractivity contribution is 0.364. The standard InChI is InChI=1S/C18H18N2O.C2H6/c1-3-8-21-18-7-6-16-9-15(4-5-17(16)10-18)13-20-12-14(2)11-19-20;1-2/h3-7,9-12H,1,8,13H2,2H3;1-2H3. The number of aryl methyl sites for hydroxylation is 1. The lowest BCUT2D eigenvalue weighted by Gasteiger charge is -2.07. The Morgan fingerprint density at radius 1 is 1.13 bits per heavy atom. The van der Waals surface area contributed by atoms with Crippen LogP contribution in [0.15, 0.2) is 61.4 Å². The molecule has 0 aliphatic carbocycles. The zero-order valence-corrected chi connectivity index (χ0v) is 14.1. The van der Waals surface area contributed by atoms with Gasteiger partial charge in [0.15, 0.2) is 0 Å². The Labute approximate surface area is 138 Å². The fourth-order valence-electron chi connectivity index (χ4n) is 2.36. The second-order valence-electron chi connectivity index (χ2n) is 5.16. The van der Waals surface area contributed by atoms with Crippen molar-refractivity contribution in [1.29, 1.82) is 0 Å². The molecule has 0 bridgehead atoms. The summed E-state index contributed by atoms with van der Waals surface area (Å²) in [5.41, 5.74) is 2.42. The van der Waals surface area contributed by atoms with Gasteiger partial charge in [0.2, 0.25) is 0 Å². The zero-order valence-electron chi connectivity index (χ0n) is 14.1. The minimum atomic E-state index is 0.530. The lowest BCUT2D eigenvalue weighted by Crippen LogP contribution is -1.99. The zero-order chi connectivity index (χ0) is 16.7. The van der Waals surface area contributed by atoms with Gasteiger partial charge in [-0.2, -0.15) is 5.10 Å². The molecule has 0 aliphatic rings. The highest BCUT2D eigenvalue weighted by atomic mass is 16.5. The first-order chi connectivity index (χ1) is 11.2. The summed E-state index contributed by atoms with van der Waals surface area (Å²) in [6, 6.07) is 12.6. The molecule has 3 aromatic rings. The molecule has 0 radical (unpaired) electrons. The maximum absolute atomic E-state index is 5.56. The first kappa shape index (κ1) is 16.8. The predicted molar refractivity (Wildman–Crippen MR) is 97.1 cm³/mol. The highest BCUT2D eigenvalue weighted by Crippen LogP contribution is 2.22. The summed E-state index contributed by atoms with van der Waals surface area (Å²) < 4.78 is 7.52. The SMILES string of the molecule is C=CCOc1ccc2cc(Cn3cc(C)cn3)ccc2c1.CC. The first-order valence-corrected chi connectivity index (χ1v) is 8.00. The third-order valence-corrected chi connectivity index (χ3v) is 3.35. The number of nitrogens with zero attached hydrogens (tertiary/aromatic N) is 2. The molecule has 0 unspecified atom stereocenters. The summed E-state index contributed by atoms with van der Waals surface area (Å²) >= 11 is 0. The molecule has 0 atom stereocenters. The summed E-state index contributed by atoms with van der Waals surface area (Å²) in [5.74, 6) is 0.873. The fraction of sp³-hybridized carbons (Fsp3) is 0.250. The number of hydrogen-bond donors (Lipinski definition) is 0. The van der Waals surface area contributed by atoms with Crippen molar-refractivity contribution in [2.75, 3.05) is 6.61 Å². The second-order valence-corrected chi connectivity index (χ2v) is 5.16. The summed E-state index contributed by atoms with van der Waals surface area (Å²) in [7, 11) is 0. The maximum atomic E-state index is 5.56. The Morgan fingerprint density at radius 2 is 1.87 bits per heavy atom. The normalized spacial score (nSPS) is 10.0. The Bertz CT molecular complexity index is 774. The van der Waals surface area contributed by atoms with E-state index in [0.29, 0.717) is 6.61 Å². The first-order valence-electron chi connectivity index (χ1n) is 8.00. The van der Waals surface area contributed by atoms with E-state index in [-0.39, 0.29) is 0 Å². The molecule has 0 aliphatic heterocycles. The average molecular weight is 308 g/mol. The van der Waals surface area contributed by atoms with E-state index in [1.807, 2.05) is 30.8 Å². The van der Waals surface area contributed by atoms with Crippen molar-refractivity contribution in [2.24, 2.45) is 0 Å². The van der Waals surface area contributed by atoms with Gasteiger partial charge in [-0.3, -0.25) is 4.68 Å². The molecule has 3 heteroatoms. The topological polar surface area (TPSA) is 27.1 Å². The highest BCUT2D eigenvalue weighted by molar-refractivity contribution is 5.84. The molecule has 120 valence electrons. The van der Waals surface area contributed by atoms with Crippen molar-refractivity contribution in [1.82, 2.24) is 9.78 Å². The smallest absolute Gasteiger partial charge is 0.120 e. The number of aromatic nitrogens is 2. The van der Waals surface area contributed by atoms with Gasteiger partial charge in [-0.25, -0.2) is 0 Å². The van der Waals surface area contributed by atoms with Crippen molar-refractivity contribution in [3.8, 4) is 5.75 Å².